The molecule has 11 heteroatoms. The van der Waals surface area contributed by atoms with Crippen LogP contribution in [0, 0.1) is 11.8 Å². The van der Waals surface area contributed by atoms with Crippen molar-refractivity contribution < 1.29 is 43.2 Å². The molecule has 3 aliphatic rings. The maximum absolute atomic E-state index is 13.4. The van der Waals surface area contributed by atoms with Gasteiger partial charge in [-0.3, -0.25) is 14.4 Å². The van der Waals surface area contributed by atoms with Crippen molar-refractivity contribution in [3.8, 4) is 0 Å². The first-order valence-electron chi connectivity index (χ1n) is 12.7. The molecular weight excluding hydrogens is 508 g/mol. The van der Waals surface area contributed by atoms with E-state index in [1.807, 2.05) is 6.92 Å². The molecule has 0 saturated heterocycles. The van der Waals surface area contributed by atoms with E-state index in [1.54, 1.807) is 32.1 Å². The van der Waals surface area contributed by atoms with Crippen molar-refractivity contribution in [2.45, 2.75) is 65.0 Å². The van der Waals surface area contributed by atoms with Crippen LogP contribution in [0.1, 0.15) is 40.5 Å². The van der Waals surface area contributed by atoms with Gasteiger partial charge in [-0.15, -0.1) is 0 Å². The number of Topliss-reactive ketones (excluding diaryl/α,β-unsaturated/α-hetero) is 1. The Morgan fingerprint density at radius 2 is 1.87 bits per heavy atom. The number of aliphatic hydroxyl groups excluding tert-OH is 1. The molecule has 0 saturated carbocycles. The van der Waals surface area contributed by atoms with Gasteiger partial charge in [-0.2, -0.15) is 0 Å². The summed E-state index contributed by atoms with van der Waals surface area (Å²) in [5.41, 5.74) is 5.99. The summed E-state index contributed by atoms with van der Waals surface area (Å²) in [6.07, 6.45) is 2.14. The molecule has 0 aromatic carbocycles. The number of allylic oxidation sites excluding steroid dienone is 3. The highest BCUT2D eigenvalue weighted by molar-refractivity contribution is 6.23. The molecule has 3 rings (SSSR count). The lowest BCUT2D eigenvalue weighted by molar-refractivity contribution is -0.121. The van der Waals surface area contributed by atoms with Gasteiger partial charge in [0.2, 0.25) is 11.6 Å². The molecule has 212 valence electrons. The van der Waals surface area contributed by atoms with Crippen molar-refractivity contribution in [1.29, 1.82) is 0 Å². The highest BCUT2D eigenvalue weighted by Crippen LogP contribution is 2.31. The molecule has 0 unspecified atom stereocenters. The minimum atomic E-state index is -1.01. The fraction of sp³-hybridized carbons (Fsp3) is 0.500. The average Bonchev–Trinajstić information content (AvgIpc) is 3.37. The Bertz CT molecular complexity index is 1190. The third-order valence-corrected chi connectivity index (χ3v) is 7.08. The summed E-state index contributed by atoms with van der Waals surface area (Å²) in [7, 11) is 2.79. The molecule has 0 radical (unpaired) electrons. The van der Waals surface area contributed by atoms with Crippen molar-refractivity contribution in [1.82, 2.24) is 5.32 Å². The minimum Gasteiger partial charge on any atom is -0.492 e. The van der Waals surface area contributed by atoms with E-state index in [0.29, 0.717) is 12.0 Å². The van der Waals surface area contributed by atoms with Gasteiger partial charge >= 0.3 is 6.09 Å². The number of rotatable bonds is 3. The van der Waals surface area contributed by atoms with Gasteiger partial charge in [0.15, 0.2) is 18.0 Å². The summed E-state index contributed by atoms with van der Waals surface area (Å²) in [4.78, 5) is 50.9. The summed E-state index contributed by atoms with van der Waals surface area (Å²) >= 11 is 0. The normalized spacial score (nSPS) is 33.8. The molecular formula is C28H36N2O9. The fourth-order valence-corrected chi connectivity index (χ4v) is 4.98. The zero-order chi connectivity index (χ0) is 29.0. The van der Waals surface area contributed by atoms with E-state index in [2.05, 4.69) is 5.32 Å². The first kappa shape index (κ1) is 29.9. The Hall–Kier alpha value is -3.70. The van der Waals surface area contributed by atoms with Crippen molar-refractivity contribution in [2.24, 2.45) is 17.6 Å². The standard InChI is InChI=1S/C28H36N2O9/c1-13-9-17-24(33)18(12-19(31)26(17)37-6)30-27(34)16(4)20-7-8-21(38-20)25(39-28(29)35)15(3)11-14(2)23(32)22(10-13)36-5/h7-8,11-14,21-23,25,32H,9-10H2,1-6H3,(H2,29,35)(H,30,34)/b15-11+,20-16-/t13-,14+,21+,22+,23-,25+/m1/s1. The zero-order valence-electron chi connectivity index (χ0n) is 23.0. The Balaban J connectivity index is 2.08. The summed E-state index contributed by atoms with van der Waals surface area (Å²) in [5, 5.41) is 13.6. The number of ether oxygens (including phenoxy) is 4. The van der Waals surface area contributed by atoms with Gasteiger partial charge in [-0.1, -0.05) is 19.9 Å². The first-order chi connectivity index (χ1) is 18.4. The van der Waals surface area contributed by atoms with Crippen LogP contribution in [-0.2, 0) is 33.3 Å². The van der Waals surface area contributed by atoms with E-state index in [-0.39, 0.29) is 40.7 Å². The van der Waals surface area contributed by atoms with Crippen molar-refractivity contribution in [3.05, 3.63) is 58.2 Å². The number of aliphatic hydroxyl groups is 1. The van der Waals surface area contributed by atoms with Gasteiger partial charge in [0, 0.05) is 24.7 Å². The third-order valence-electron chi connectivity index (χ3n) is 7.08. The van der Waals surface area contributed by atoms with E-state index < -0.39 is 53.9 Å². The van der Waals surface area contributed by atoms with E-state index >= 15 is 0 Å². The number of nitrogens with two attached hydrogens (primary N) is 1. The number of hydrogen-bond acceptors (Lipinski definition) is 9. The van der Waals surface area contributed by atoms with Crippen LogP contribution in [0.15, 0.2) is 58.2 Å². The van der Waals surface area contributed by atoms with Gasteiger partial charge in [0.05, 0.1) is 30.6 Å². The van der Waals surface area contributed by atoms with Crippen molar-refractivity contribution in [2.75, 3.05) is 14.2 Å². The van der Waals surface area contributed by atoms with Crippen LogP contribution < -0.4 is 11.1 Å². The second-order valence-corrected chi connectivity index (χ2v) is 10.1. The molecule has 2 amide bonds. The van der Waals surface area contributed by atoms with E-state index in [1.165, 1.54) is 21.1 Å². The Morgan fingerprint density at radius 3 is 2.49 bits per heavy atom. The number of nitrogens with one attached hydrogen (secondary N) is 1. The lowest BCUT2D eigenvalue weighted by Crippen LogP contribution is -2.37. The molecule has 2 heterocycles. The largest absolute Gasteiger partial charge is 0.492 e. The lowest BCUT2D eigenvalue weighted by atomic mass is 9.85. The number of amides is 2. The number of fused-ring (bicyclic) bond motifs is 4. The van der Waals surface area contributed by atoms with Gasteiger partial charge in [0.1, 0.15) is 5.76 Å². The lowest BCUT2D eigenvalue weighted by Gasteiger charge is -2.30. The molecule has 2 aliphatic heterocycles. The molecule has 1 aliphatic carbocycles. The van der Waals surface area contributed by atoms with E-state index in [9.17, 15) is 24.3 Å². The molecule has 0 fully saturated rings. The predicted molar refractivity (Wildman–Crippen MR) is 140 cm³/mol. The molecule has 4 N–H and O–H groups in total. The number of primary amides is 1. The number of carbonyl (C=O) groups excluding carboxylic acids is 4. The minimum absolute atomic E-state index is 0.0823. The Kier molecular flexibility index (Phi) is 9.52. The quantitative estimate of drug-likeness (QED) is 0.357. The maximum Gasteiger partial charge on any atom is 0.405 e. The van der Waals surface area contributed by atoms with Gasteiger partial charge in [0.25, 0.3) is 5.91 Å². The van der Waals surface area contributed by atoms with Gasteiger partial charge in [-0.05, 0) is 50.3 Å². The highest BCUT2D eigenvalue weighted by atomic mass is 16.6. The third kappa shape index (κ3) is 6.66. The molecule has 0 aromatic heterocycles. The number of methoxy groups -OCH3 is 2. The Morgan fingerprint density at radius 1 is 1.18 bits per heavy atom. The first-order valence-corrected chi connectivity index (χ1v) is 12.7. The van der Waals surface area contributed by atoms with Crippen LogP contribution in [0.2, 0.25) is 0 Å². The summed E-state index contributed by atoms with van der Waals surface area (Å²) in [5.74, 6) is -2.27. The van der Waals surface area contributed by atoms with Crippen LogP contribution in [0.25, 0.3) is 0 Å². The summed E-state index contributed by atoms with van der Waals surface area (Å²) in [6, 6.07) is 0. The number of carbonyl (C=O) groups is 4. The number of ketones is 2. The molecule has 0 spiro atoms. The van der Waals surface area contributed by atoms with Crippen molar-refractivity contribution in [3.63, 3.8) is 0 Å². The van der Waals surface area contributed by atoms with Crippen LogP contribution >= 0.6 is 0 Å². The predicted octanol–water partition coefficient (Wildman–Crippen LogP) is 2.12. The molecule has 11 nitrogen and oxygen atoms in total. The van der Waals surface area contributed by atoms with E-state index in [0.717, 1.165) is 6.08 Å². The van der Waals surface area contributed by atoms with Gasteiger partial charge in [-0.25, -0.2) is 4.79 Å². The second kappa shape index (κ2) is 12.4. The van der Waals surface area contributed by atoms with Crippen molar-refractivity contribution >= 4 is 23.6 Å². The SMILES string of the molecule is COC1=C2C[C@@H](C)C[C@H](OC)[C@H](O)[C@@H](C)/C=C(\C)[C@H](OC(N)=O)[C@@H]3C=C/C(=C(\C)C(=O)NC(=CC1=O)C2=O)O3. The second-order valence-electron chi connectivity index (χ2n) is 10.1. The fourth-order valence-electron chi connectivity index (χ4n) is 4.98. The van der Waals surface area contributed by atoms with Crippen LogP contribution in [0.3, 0.4) is 0 Å². The maximum atomic E-state index is 13.4. The molecule has 6 atom stereocenters. The topological polar surface area (TPSA) is 163 Å². The average molecular weight is 545 g/mol. The molecule has 39 heavy (non-hydrogen) atoms. The monoisotopic (exact) mass is 544 g/mol. The van der Waals surface area contributed by atoms with Crippen LogP contribution in [0.5, 0.6) is 0 Å². The molecule has 4 bridgehead atoms. The summed E-state index contributed by atoms with van der Waals surface area (Å²) < 4.78 is 22.1. The van der Waals surface area contributed by atoms with Gasteiger partial charge < -0.3 is 35.1 Å². The highest BCUT2D eigenvalue weighted by Gasteiger charge is 2.35. The Labute approximate surface area is 227 Å². The molecule has 0 aromatic rings. The summed E-state index contributed by atoms with van der Waals surface area (Å²) in [6.45, 7) is 6.89. The van der Waals surface area contributed by atoms with Crippen LogP contribution in [0.4, 0.5) is 4.79 Å². The zero-order valence-corrected chi connectivity index (χ0v) is 23.0. The van der Waals surface area contributed by atoms with Crippen LogP contribution in [-0.4, -0.2) is 67.3 Å². The smallest absolute Gasteiger partial charge is 0.405 e. The number of hydrogen-bond donors (Lipinski definition) is 3. The van der Waals surface area contributed by atoms with E-state index in [4.69, 9.17) is 24.7 Å².